The van der Waals surface area contributed by atoms with Crippen molar-refractivity contribution in [2.75, 3.05) is 13.7 Å². The van der Waals surface area contributed by atoms with Gasteiger partial charge in [-0.05, 0) is 54.7 Å². The maximum Gasteiger partial charge on any atom is 0.242 e. The average Bonchev–Trinajstić information content (AvgIpc) is 2.77. The Morgan fingerprint density at radius 2 is 1.79 bits per heavy atom. The first-order chi connectivity index (χ1) is 14.2. The van der Waals surface area contributed by atoms with Crippen LogP contribution < -0.4 is 15.8 Å². The minimum atomic E-state index is -1.06. The number of amides is 1. The zero-order valence-electron chi connectivity index (χ0n) is 16.5. The van der Waals surface area contributed by atoms with Crippen molar-refractivity contribution in [3.05, 3.63) is 90.0 Å². The van der Waals surface area contributed by atoms with Crippen LogP contribution in [0.1, 0.15) is 23.1 Å². The zero-order valence-corrected chi connectivity index (χ0v) is 16.5. The number of hydrogen-bond donors (Lipinski definition) is 2. The highest BCUT2D eigenvalue weighted by Gasteiger charge is 2.40. The summed E-state index contributed by atoms with van der Waals surface area (Å²) in [5.74, 6) is 0.203. The summed E-state index contributed by atoms with van der Waals surface area (Å²) in [6.07, 6.45) is 8.96. The predicted octanol–water partition coefficient (Wildman–Crippen LogP) is 2.63. The van der Waals surface area contributed by atoms with Crippen molar-refractivity contribution in [2.45, 2.75) is 24.8 Å². The summed E-state index contributed by atoms with van der Waals surface area (Å²) in [6.45, 7) is 0.581. The highest BCUT2D eigenvalue weighted by molar-refractivity contribution is 5.87. The number of para-hydroxylation sites is 1. The van der Waals surface area contributed by atoms with Crippen molar-refractivity contribution >= 4 is 5.91 Å². The van der Waals surface area contributed by atoms with Gasteiger partial charge in [-0.2, -0.15) is 0 Å². The molecule has 0 fully saturated rings. The fraction of sp³-hybridized carbons (Fsp3) is 0.261. The van der Waals surface area contributed by atoms with E-state index in [1.807, 2.05) is 54.7 Å². The van der Waals surface area contributed by atoms with Crippen LogP contribution in [0.3, 0.4) is 0 Å². The maximum atomic E-state index is 12.8. The lowest BCUT2D eigenvalue weighted by atomic mass is 9.82. The molecule has 2 heterocycles. The number of pyridine rings is 2. The van der Waals surface area contributed by atoms with Gasteiger partial charge in [-0.15, -0.1) is 0 Å². The van der Waals surface area contributed by atoms with E-state index in [1.165, 1.54) is 0 Å². The van der Waals surface area contributed by atoms with Crippen LogP contribution >= 0.6 is 0 Å². The number of primary amides is 1. The first-order valence-corrected chi connectivity index (χ1v) is 9.62. The number of hydrogen-bond acceptors (Lipinski definition) is 5. The molecule has 0 aliphatic rings. The number of ether oxygens (including phenoxy) is 1. The molecule has 1 aromatic carbocycles. The van der Waals surface area contributed by atoms with E-state index in [-0.39, 0.29) is 0 Å². The molecule has 0 aliphatic heterocycles. The lowest BCUT2D eigenvalue weighted by Crippen LogP contribution is -2.53. The van der Waals surface area contributed by atoms with E-state index < -0.39 is 11.4 Å². The smallest absolute Gasteiger partial charge is 0.242 e. The number of aryl methyl sites for hydroxylation is 1. The Balaban J connectivity index is 1.89. The number of benzene rings is 1. The summed E-state index contributed by atoms with van der Waals surface area (Å²) in [7, 11) is 1.60. The lowest BCUT2D eigenvalue weighted by molar-refractivity contribution is -0.125. The van der Waals surface area contributed by atoms with Gasteiger partial charge in [0, 0.05) is 36.9 Å². The third-order valence-electron chi connectivity index (χ3n) is 5.09. The Bertz CT molecular complexity index is 918. The number of carbonyl (C=O) groups excluding carboxylic acids is 1. The molecule has 0 saturated heterocycles. The molecule has 6 heteroatoms. The quantitative estimate of drug-likeness (QED) is 0.555. The van der Waals surface area contributed by atoms with Crippen LogP contribution in [-0.4, -0.2) is 29.5 Å². The Morgan fingerprint density at radius 1 is 1.00 bits per heavy atom. The summed E-state index contributed by atoms with van der Waals surface area (Å²) >= 11 is 0. The molecule has 3 N–H and O–H groups in total. The average molecular weight is 390 g/mol. The van der Waals surface area contributed by atoms with Crippen molar-refractivity contribution in [3.8, 4) is 5.75 Å². The number of nitrogens with one attached hydrogen (secondary N) is 1. The van der Waals surface area contributed by atoms with Gasteiger partial charge >= 0.3 is 0 Å². The molecule has 3 aromatic rings. The van der Waals surface area contributed by atoms with E-state index >= 15 is 0 Å². The number of aromatic nitrogens is 2. The fourth-order valence-electron chi connectivity index (χ4n) is 3.51. The monoisotopic (exact) mass is 390 g/mol. The lowest BCUT2D eigenvalue weighted by Gasteiger charge is -2.34. The highest BCUT2D eigenvalue weighted by Crippen LogP contribution is 2.34. The summed E-state index contributed by atoms with van der Waals surface area (Å²) in [5.41, 5.74) is 7.85. The van der Waals surface area contributed by atoms with Gasteiger partial charge in [-0.1, -0.05) is 24.3 Å². The maximum absolute atomic E-state index is 12.8. The van der Waals surface area contributed by atoms with Crippen LogP contribution in [0.15, 0.2) is 73.3 Å². The Morgan fingerprint density at radius 3 is 2.48 bits per heavy atom. The molecule has 0 bridgehead atoms. The third-order valence-corrected chi connectivity index (χ3v) is 5.09. The molecule has 1 atom stereocenters. The largest absolute Gasteiger partial charge is 0.496 e. The van der Waals surface area contributed by atoms with Gasteiger partial charge in [-0.3, -0.25) is 20.1 Å². The van der Waals surface area contributed by atoms with Gasteiger partial charge in [0.05, 0.1) is 7.11 Å². The number of carbonyl (C=O) groups is 1. The molecular formula is C23H26N4O2. The summed E-state index contributed by atoms with van der Waals surface area (Å²) < 4.78 is 5.55. The van der Waals surface area contributed by atoms with E-state index in [2.05, 4.69) is 15.3 Å². The normalized spacial score (nSPS) is 12.9. The van der Waals surface area contributed by atoms with Crippen LogP contribution in [0, 0.1) is 0 Å². The molecule has 0 saturated carbocycles. The predicted molar refractivity (Wildman–Crippen MR) is 112 cm³/mol. The first kappa shape index (κ1) is 20.5. The van der Waals surface area contributed by atoms with Gasteiger partial charge in [0.1, 0.15) is 11.3 Å². The van der Waals surface area contributed by atoms with Crippen LogP contribution in [-0.2, 0) is 23.2 Å². The van der Waals surface area contributed by atoms with Crippen LogP contribution in [0.5, 0.6) is 5.75 Å². The standard InChI is InChI=1S/C23H26N4O2/c1-29-21-7-3-2-6-20(21)23(22(24)28,12-8-19-5-4-13-26-17-19)27-16-11-18-9-14-25-15-10-18/h2-7,9-10,13-15,17,27H,8,11-12,16H2,1H3,(H2,24,28). The Labute approximate surface area is 171 Å². The van der Waals surface area contributed by atoms with Crippen molar-refractivity contribution in [3.63, 3.8) is 0 Å². The second kappa shape index (κ2) is 9.80. The molecule has 0 spiro atoms. The highest BCUT2D eigenvalue weighted by atomic mass is 16.5. The van der Waals surface area contributed by atoms with E-state index in [1.54, 1.807) is 25.7 Å². The molecule has 6 nitrogen and oxygen atoms in total. The van der Waals surface area contributed by atoms with Gasteiger partial charge in [0.15, 0.2) is 0 Å². The van der Waals surface area contributed by atoms with E-state index in [9.17, 15) is 4.79 Å². The molecule has 0 aliphatic carbocycles. The van der Waals surface area contributed by atoms with E-state index in [0.29, 0.717) is 25.1 Å². The van der Waals surface area contributed by atoms with Crippen molar-refractivity contribution in [1.29, 1.82) is 0 Å². The minimum Gasteiger partial charge on any atom is -0.496 e. The molecule has 150 valence electrons. The Hall–Kier alpha value is -3.25. The Kier molecular flexibility index (Phi) is 6.92. The summed E-state index contributed by atoms with van der Waals surface area (Å²) in [6, 6.07) is 15.3. The number of rotatable bonds is 10. The van der Waals surface area contributed by atoms with E-state index in [0.717, 1.165) is 23.1 Å². The molecule has 1 amide bonds. The van der Waals surface area contributed by atoms with Gasteiger partial charge in [-0.25, -0.2) is 0 Å². The fourth-order valence-corrected chi connectivity index (χ4v) is 3.51. The van der Waals surface area contributed by atoms with Crippen LogP contribution in [0.4, 0.5) is 0 Å². The molecular weight excluding hydrogens is 364 g/mol. The summed E-state index contributed by atoms with van der Waals surface area (Å²) in [4.78, 5) is 21.1. The molecule has 0 radical (unpaired) electrons. The van der Waals surface area contributed by atoms with E-state index in [4.69, 9.17) is 10.5 Å². The third kappa shape index (κ3) is 4.97. The molecule has 2 aromatic heterocycles. The number of methoxy groups -OCH3 is 1. The SMILES string of the molecule is COc1ccccc1C(CCc1cccnc1)(NCCc1ccncc1)C(N)=O. The molecule has 1 unspecified atom stereocenters. The summed E-state index contributed by atoms with van der Waals surface area (Å²) in [5, 5.41) is 3.45. The first-order valence-electron chi connectivity index (χ1n) is 9.62. The molecule has 29 heavy (non-hydrogen) atoms. The van der Waals surface area contributed by atoms with Crippen molar-refractivity contribution in [1.82, 2.24) is 15.3 Å². The second-order valence-electron chi connectivity index (χ2n) is 6.86. The van der Waals surface area contributed by atoms with Gasteiger partial charge < -0.3 is 10.5 Å². The van der Waals surface area contributed by atoms with Gasteiger partial charge in [0.2, 0.25) is 5.91 Å². The molecule has 3 rings (SSSR count). The minimum absolute atomic E-state index is 0.430. The van der Waals surface area contributed by atoms with Gasteiger partial charge in [0.25, 0.3) is 0 Å². The zero-order chi connectivity index (χ0) is 20.5. The number of nitrogens with zero attached hydrogens (tertiary/aromatic N) is 2. The van der Waals surface area contributed by atoms with Crippen molar-refractivity contribution in [2.24, 2.45) is 5.73 Å². The number of nitrogens with two attached hydrogens (primary N) is 1. The second-order valence-corrected chi connectivity index (χ2v) is 6.86. The van der Waals surface area contributed by atoms with Crippen molar-refractivity contribution < 1.29 is 9.53 Å². The van der Waals surface area contributed by atoms with Crippen LogP contribution in [0.2, 0.25) is 0 Å². The van der Waals surface area contributed by atoms with Crippen LogP contribution in [0.25, 0.3) is 0 Å². The topological polar surface area (TPSA) is 90.1 Å².